The first kappa shape index (κ1) is 15.4. The van der Waals surface area contributed by atoms with E-state index in [2.05, 4.69) is 17.2 Å². The molecule has 5 heteroatoms. The molecule has 0 saturated heterocycles. The summed E-state index contributed by atoms with van der Waals surface area (Å²) in [4.78, 5) is 3.94. The van der Waals surface area contributed by atoms with Gasteiger partial charge in [0.25, 0.3) is 0 Å². The molecule has 2 nitrogen and oxygen atoms in total. The van der Waals surface area contributed by atoms with Gasteiger partial charge in [0, 0.05) is 12.2 Å². The lowest BCUT2D eigenvalue weighted by Crippen LogP contribution is -2.10. The Hall–Kier alpha value is -2.04. The molecule has 0 aliphatic heterocycles. The number of pyridine rings is 1. The Morgan fingerprint density at radius 3 is 2.38 bits per heavy atom. The van der Waals surface area contributed by atoms with Crippen LogP contribution in [0.3, 0.4) is 0 Å². The van der Waals surface area contributed by atoms with Crippen molar-refractivity contribution in [2.24, 2.45) is 0 Å². The Morgan fingerprint density at radius 1 is 1.14 bits per heavy atom. The summed E-state index contributed by atoms with van der Waals surface area (Å²) in [5.74, 6) is 0.219. The Morgan fingerprint density at radius 2 is 1.81 bits per heavy atom. The van der Waals surface area contributed by atoms with Crippen molar-refractivity contribution in [2.45, 2.75) is 32.5 Å². The van der Waals surface area contributed by atoms with E-state index in [-0.39, 0.29) is 11.9 Å². The van der Waals surface area contributed by atoms with E-state index < -0.39 is 11.7 Å². The summed E-state index contributed by atoms with van der Waals surface area (Å²) < 4.78 is 38.0. The second-order valence-corrected chi connectivity index (χ2v) is 4.89. The molecule has 0 aliphatic carbocycles. The first-order valence-electron chi connectivity index (χ1n) is 6.78. The van der Waals surface area contributed by atoms with Crippen LogP contribution in [0.4, 0.5) is 19.0 Å². The molecule has 21 heavy (non-hydrogen) atoms. The van der Waals surface area contributed by atoms with Crippen molar-refractivity contribution in [3.8, 4) is 0 Å². The fourth-order valence-electron chi connectivity index (χ4n) is 2.03. The summed E-state index contributed by atoms with van der Waals surface area (Å²) in [5, 5.41) is 3.00. The zero-order valence-corrected chi connectivity index (χ0v) is 11.9. The number of hydrogen-bond acceptors (Lipinski definition) is 2. The summed E-state index contributed by atoms with van der Waals surface area (Å²) in [6, 6.07) is 9.86. The minimum absolute atomic E-state index is 0.119. The molecule has 112 valence electrons. The lowest BCUT2D eigenvalue weighted by molar-refractivity contribution is -0.137. The molecule has 0 aliphatic rings. The standard InChI is InChI=1S/C16H17F3N2/c1-3-12-4-6-13(7-5-12)11(2)21-15-10-14(8-9-20-15)16(17,18)19/h4-11H,3H2,1-2H3,(H,20,21). The molecule has 1 aromatic carbocycles. The first-order chi connectivity index (χ1) is 9.90. The highest BCUT2D eigenvalue weighted by Crippen LogP contribution is 2.30. The van der Waals surface area contributed by atoms with E-state index in [1.54, 1.807) is 0 Å². The highest BCUT2D eigenvalue weighted by Gasteiger charge is 2.30. The molecule has 1 N–H and O–H groups in total. The molecule has 1 unspecified atom stereocenters. The Balaban J connectivity index is 2.13. The molecule has 2 rings (SSSR count). The van der Waals surface area contributed by atoms with E-state index in [1.165, 1.54) is 5.56 Å². The SMILES string of the molecule is CCc1ccc(C(C)Nc2cc(C(F)(F)F)ccn2)cc1. The predicted octanol–water partition coefficient (Wildman–Crippen LogP) is 4.84. The van der Waals surface area contributed by atoms with Crippen LogP contribution in [0, 0.1) is 0 Å². The van der Waals surface area contributed by atoms with Crippen molar-refractivity contribution >= 4 is 5.82 Å². The van der Waals surface area contributed by atoms with Crippen molar-refractivity contribution in [3.63, 3.8) is 0 Å². The number of halogens is 3. The minimum Gasteiger partial charge on any atom is -0.364 e. The van der Waals surface area contributed by atoms with Crippen LogP contribution in [0.25, 0.3) is 0 Å². The lowest BCUT2D eigenvalue weighted by Gasteiger charge is -2.16. The van der Waals surface area contributed by atoms with Gasteiger partial charge in [0.2, 0.25) is 0 Å². The maximum atomic E-state index is 12.7. The molecule has 0 radical (unpaired) electrons. The van der Waals surface area contributed by atoms with Crippen LogP contribution < -0.4 is 5.32 Å². The zero-order valence-electron chi connectivity index (χ0n) is 11.9. The summed E-state index contributed by atoms with van der Waals surface area (Å²) in [6.07, 6.45) is -2.24. The van der Waals surface area contributed by atoms with Gasteiger partial charge in [-0.25, -0.2) is 4.98 Å². The van der Waals surface area contributed by atoms with E-state index in [1.807, 2.05) is 31.2 Å². The lowest BCUT2D eigenvalue weighted by atomic mass is 10.0. The summed E-state index contributed by atoms with van der Waals surface area (Å²) in [7, 11) is 0. The van der Waals surface area contributed by atoms with Crippen LogP contribution in [0.1, 0.15) is 36.6 Å². The smallest absolute Gasteiger partial charge is 0.364 e. The van der Waals surface area contributed by atoms with Gasteiger partial charge in [0.15, 0.2) is 0 Å². The maximum absolute atomic E-state index is 12.7. The largest absolute Gasteiger partial charge is 0.416 e. The van der Waals surface area contributed by atoms with Crippen molar-refractivity contribution in [3.05, 3.63) is 59.3 Å². The maximum Gasteiger partial charge on any atom is 0.416 e. The quantitative estimate of drug-likeness (QED) is 0.873. The molecular formula is C16H17F3N2. The van der Waals surface area contributed by atoms with Gasteiger partial charge in [-0.3, -0.25) is 0 Å². The van der Waals surface area contributed by atoms with Gasteiger partial charge < -0.3 is 5.32 Å². The fraction of sp³-hybridized carbons (Fsp3) is 0.312. The van der Waals surface area contributed by atoms with Crippen LogP contribution in [-0.4, -0.2) is 4.98 Å². The van der Waals surface area contributed by atoms with Crippen molar-refractivity contribution < 1.29 is 13.2 Å². The molecule has 2 aromatic rings. The second-order valence-electron chi connectivity index (χ2n) is 4.89. The first-order valence-corrected chi connectivity index (χ1v) is 6.78. The number of rotatable bonds is 4. The second kappa shape index (κ2) is 6.16. The van der Waals surface area contributed by atoms with Crippen LogP contribution in [-0.2, 0) is 12.6 Å². The number of anilines is 1. The normalized spacial score (nSPS) is 13.0. The number of aromatic nitrogens is 1. The number of nitrogens with one attached hydrogen (secondary N) is 1. The average Bonchev–Trinajstić information content (AvgIpc) is 2.47. The van der Waals surface area contributed by atoms with Gasteiger partial charge in [-0.1, -0.05) is 31.2 Å². The van der Waals surface area contributed by atoms with Gasteiger partial charge in [0.05, 0.1) is 5.56 Å². The summed E-state index contributed by atoms with van der Waals surface area (Å²) >= 11 is 0. The van der Waals surface area contributed by atoms with E-state index in [0.717, 1.165) is 30.3 Å². The number of benzene rings is 1. The van der Waals surface area contributed by atoms with E-state index in [9.17, 15) is 13.2 Å². The summed E-state index contributed by atoms with van der Waals surface area (Å²) in [5.41, 5.74) is 1.53. The van der Waals surface area contributed by atoms with Crippen LogP contribution in [0.5, 0.6) is 0 Å². The van der Waals surface area contributed by atoms with Crippen LogP contribution >= 0.6 is 0 Å². The third kappa shape index (κ3) is 3.97. The molecule has 1 atom stereocenters. The van der Waals surface area contributed by atoms with Crippen molar-refractivity contribution in [1.29, 1.82) is 0 Å². The highest BCUT2D eigenvalue weighted by atomic mass is 19.4. The monoisotopic (exact) mass is 294 g/mol. The molecule has 0 fully saturated rings. The Kier molecular flexibility index (Phi) is 4.50. The fourth-order valence-corrected chi connectivity index (χ4v) is 2.03. The van der Waals surface area contributed by atoms with E-state index in [0.29, 0.717) is 0 Å². The minimum atomic E-state index is -4.36. The van der Waals surface area contributed by atoms with Gasteiger partial charge in [-0.05, 0) is 36.6 Å². The van der Waals surface area contributed by atoms with Crippen molar-refractivity contribution in [2.75, 3.05) is 5.32 Å². The number of alkyl halides is 3. The zero-order chi connectivity index (χ0) is 15.5. The molecule has 0 bridgehead atoms. The van der Waals surface area contributed by atoms with Crippen LogP contribution in [0.2, 0.25) is 0 Å². The topological polar surface area (TPSA) is 24.9 Å². The molecule has 0 spiro atoms. The average molecular weight is 294 g/mol. The Bertz CT molecular complexity index is 591. The summed E-state index contributed by atoms with van der Waals surface area (Å²) in [6.45, 7) is 3.96. The van der Waals surface area contributed by atoms with Gasteiger partial charge in [0.1, 0.15) is 5.82 Å². The predicted molar refractivity (Wildman–Crippen MR) is 77.1 cm³/mol. The van der Waals surface area contributed by atoms with Gasteiger partial charge >= 0.3 is 6.18 Å². The van der Waals surface area contributed by atoms with Gasteiger partial charge in [-0.2, -0.15) is 13.2 Å². The number of hydrogen-bond donors (Lipinski definition) is 1. The van der Waals surface area contributed by atoms with Crippen LogP contribution in [0.15, 0.2) is 42.6 Å². The third-order valence-electron chi connectivity index (χ3n) is 3.34. The van der Waals surface area contributed by atoms with Gasteiger partial charge in [-0.15, -0.1) is 0 Å². The highest BCUT2D eigenvalue weighted by molar-refractivity contribution is 5.41. The molecule has 0 amide bonds. The Labute approximate surface area is 122 Å². The molecule has 1 aromatic heterocycles. The third-order valence-corrected chi connectivity index (χ3v) is 3.34. The molecule has 1 heterocycles. The molecule has 0 saturated carbocycles. The van der Waals surface area contributed by atoms with E-state index >= 15 is 0 Å². The van der Waals surface area contributed by atoms with E-state index in [4.69, 9.17) is 0 Å². The van der Waals surface area contributed by atoms with Crippen molar-refractivity contribution in [1.82, 2.24) is 4.98 Å². The number of nitrogens with zero attached hydrogens (tertiary/aromatic N) is 1. The molecular weight excluding hydrogens is 277 g/mol. The number of aryl methyl sites for hydroxylation is 1.